The van der Waals surface area contributed by atoms with Gasteiger partial charge >= 0.3 is 5.97 Å². The van der Waals surface area contributed by atoms with Crippen LogP contribution in [-0.2, 0) is 4.79 Å². The molecule has 0 amide bonds. The van der Waals surface area contributed by atoms with Gasteiger partial charge in [-0.2, -0.15) is 0 Å². The summed E-state index contributed by atoms with van der Waals surface area (Å²) in [5.74, 6) is 1.22. The Kier molecular flexibility index (Phi) is 6.64. The molecule has 0 bridgehead atoms. The van der Waals surface area contributed by atoms with Crippen LogP contribution in [0.5, 0.6) is 11.5 Å². The predicted molar refractivity (Wildman–Crippen MR) is 131 cm³/mol. The molecule has 3 aromatic rings. The van der Waals surface area contributed by atoms with Crippen molar-refractivity contribution in [1.82, 2.24) is 9.71 Å². The van der Waals surface area contributed by atoms with Crippen LogP contribution >= 0.6 is 0 Å². The first-order valence-corrected chi connectivity index (χ1v) is 11.7. The van der Waals surface area contributed by atoms with Crippen LogP contribution in [0.1, 0.15) is 46.5 Å². The topological polar surface area (TPSA) is 79.7 Å². The maximum Gasteiger partial charge on any atom is 0.336 e. The molecule has 0 saturated heterocycles. The van der Waals surface area contributed by atoms with Crippen LogP contribution in [0.15, 0.2) is 47.3 Å². The van der Waals surface area contributed by atoms with Gasteiger partial charge in [-0.3, -0.25) is 4.79 Å². The van der Waals surface area contributed by atoms with Crippen molar-refractivity contribution in [3.05, 3.63) is 52.8 Å². The van der Waals surface area contributed by atoms with Gasteiger partial charge in [-0.25, -0.2) is 9.78 Å². The van der Waals surface area contributed by atoms with Gasteiger partial charge < -0.3 is 14.3 Å². The Morgan fingerprint density at radius 1 is 0.971 bits per heavy atom. The lowest BCUT2D eigenvalue weighted by Crippen LogP contribution is -2.38. The molecule has 1 saturated carbocycles. The largest absolute Gasteiger partial charge is 0.497 e. The summed E-state index contributed by atoms with van der Waals surface area (Å²) >= 11 is 0. The van der Waals surface area contributed by atoms with Crippen molar-refractivity contribution in [2.45, 2.75) is 46.5 Å². The average Bonchev–Trinajstić information content (AvgIpc) is 2.84. The summed E-state index contributed by atoms with van der Waals surface area (Å²) in [5, 5.41) is 0.380. The summed E-state index contributed by atoms with van der Waals surface area (Å²) < 4.78 is 11.8. The van der Waals surface area contributed by atoms with E-state index in [4.69, 9.17) is 14.3 Å². The average molecular weight is 465 g/mol. The summed E-state index contributed by atoms with van der Waals surface area (Å²) in [7, 11) is 3.10. The Morgan fingerprint density at radius 2 is 1.59 bits per heavy atom. The van der Waals surface area contributed by atoms with E-state index in [1.54, 1.807) is 50.6 Å². The highest BCUT2D eigenvalue weighted by Gasteiger charge is 2.34. The summed E-state index contributed by atoms with van der Waals surface area (Å²) in [4.78, 5) is 37.0. The van der Waals surface area contributed by atoms with Crippen molar-refractivity contribution >= 4 is 16.9 Å². The summed E-state index contributed by atoms with van der Waals surface area (Å²) in [6, 6.07) is 12.2. The zero-order valence-corrected chi connectivity index (χ0v) is 20.5. The number of hydrogen-bond acceptors (Lipinski definition) is 6. The Morgan fingerprint density at radius 3 is 2.18 bits per heavy atom. The highest BCUT2D eigenvalue weighted by Crippen LogP contribution is 2.40. The molecule has 1 aromatic heterocycles. The van der Waals surface area contributed by atoms with Crippen LogP contribution in [-0.4, -0.2) is 29.9 Å². The van der Waals surface area contributed by atoms with Crippen LogP contribution in [0.4, 0.5) is 0 Å². The molecule has 180 valence electrons. The van der Waals surface area contributed by atoms with Gasteiger partial charge in [-0.15, -0.1) is 4.73 Å². The smallest absolute Gasteiger partial charge is 0.336 e. The zero-order valence-electron chi connectivity index (χ0n) is 20.5. The second kappa shape index (κ2) is 9.49. The first-order chi connectivity index (χ1) is 16.2. The molecule has 4 rings (SSSR count). The zero-order chi connectivity index (χ0) is 24.5. The lowest BCUT2D eigenvalue weighted by Gasteiger charge is -2.36. The molecule has 7 heteroatoms. The first kappa shape index (κ1) is 23.8. The molecule has 2 aromatic carbocycles. The van der Waals surface area contributed by atoms with Crippen molar-refractivity contribution < 1.29 is 19.1 Å². The van der Waals surface area contributed by atoms with Crippen LogP contribution in [0, 0.1) is 17.3 Å². The van der Waals surface area contributed by atoms with E-state index in [1.165, 1.54) is 0 Å². The van der Waals surface area contributed by atoms with E-state index in [0.717, 1.165) is 30.4 Å². The number of benzene rings is 2. The van der Waals surface area contributed by atoms with Crippen LogP contribution in [0.2, 0.25) is 0 Å². The molecular formula is C27H32N2O5. The maximum absolute atomic E-state index is 13.4. The minimum absolute atomic E-state index is 0.215. The lowest BCUT2D eigenvalue weighted by molar-refractivity contribution is -0.151. The molecule has 0 atom stereocenters. The Balaban J connectivity index is 1.73. The van der Waals surface area contributed by atoms with E-state index in [9.17, 15) is 9.59 Å². The number of carbonyl (C=O) groups excluding carboxylic acids is 1. The van der Waals surface area contributed by atoms with Crippen molar-refractivity contribution in [2.75, 3.05) is 14.2 Å². The monoisotopic (exact) mass is 464 g/mol. The van der Waals surface area contributed by atoms with Crippen molar-refractivity contribution in [2.24, 2.45) is 17.3 Å². The second-order valence-corrected chi connectivity index (χ2v) is 9.98. The molecule has 0 N–H and O–H groups in total. The van der Waals surface area contributed by atoms with Crippen molar-refractivity contribution in [3.8, 4) is 22.9 Å². The normalized spacial score (nSPS) is 18.5. The highest BCUT2D eigenvalue weighted by atomic mass is 16.7. The fourth-order valence-corrected chi connectivity index (χ4v) is 4.68. The molecule has 1 fully saturated rings. The van der Waals surface area contributed by atoms with Gasteiger partial charge in [0, 0.05) is 11.6 Å². The third-order valence-corrected chi connectivity index (χ3v) is 6.81. The molecule has 0 unspecified atom stereocenters. The van der Waals surface area contributed by atoms with E-state index in [2.05, 4.69) is 25.8 Å². The molecule has 0 spiro atoms. The predicted octanol–water partition coefficient (Wildman–Crippen LogP) is 4.89. The third-order valence-electron chi connectivity index (χ3n) is 6.81. The Labute approximate surface area is 199 Å². The SMILES string of the molecule is COc1cc(OC)cc(-c2nc3ccccc3c(=O)n2OC(=O)C2CCC(C(C)(C)C)CC2)c1. The fourth-order valence-electron chi connectivity index (χ4n) is 4.68. The van der Waals surface area contributed by atoms with E-state index >= 15 is 0 Å². The molecule has 0 radical (unpaired) electrons. The van der Waals surface area contributed by atoms with Crippen molar-refractivity contribution in [3.63, 3.8) is 0 Å². The summed E-state index contributed by atoms with van der Waals surface area (Å²) in [5.41, 5.74) is 0.844. The third kappa shape index (κ3) is 4.79. The molecule has 0 aliphatic heterocycles. The van der Waals surface area contributed by atoms with Gasteiger partial charge in [-0.1, -0.05) is 32.9 Å². The molecule has 34 heavy (non-hydrogen) atoms. The van der Waals surface area contributed by atoms with E-state index in [0.29, 0.717) is 33.9 Å². The molecule has 1 aliphatic rings. The van der Waals surface area contributed by atoms with Gasteiger partial charge in [0.25, 0.3) is 5.56 Å². The van der Waals surface area contributed by atoms with E-state index in [-0.39, 0.29) is 17.2 Å². The number of hydrogen-bond donors (Lipinski definition) is 0. The number of para-hydroxylation sites is 1. The summed E-state index contributed by atoms with van der Waals surface area (Å²) in [6.07, 6.45) is 3.43. The van der Waals surface area contributed by atoms with Crippen molar-refractivity contribution in [1.29, 1.82) is 0 Å². The van der Waals surface area contributed by atoms with Gasteiger partial charge in [0.2, 0.25) is 0 Å². The molecule has 1 heterocycles. The van der Waals surface area contributed by atoms with Crippen LogP contribution in [0.3, 0.4) is 0 Å². The van der Waals surface area contributed by atoms with E-state index < -0.39 is 11.5 Å². The quantitative estimate of drug-likeness (QED) is 0.535. The Hall–Kier alpha value is -3.35. The number of aromatic nitrogens is 2. The number of rotatable bonds is 5. The van der Waals surface area contributed by atoms with Gasteiger partial charge in [0.15, 0.2) is 5.82 Å². The second-order valence-electron chi connectivity index (χ2n) is 9.98. The number of nitrogens with zero attached hydrogens (tertiary/aromatic N) is 2. The Bertz CT molecular complexity index is 1230. The molecular weight excluding hydrogens is 432 g/mol. The minimum Gasteiger partial charge on any atom is -0.497 e. The van der Waals surface area contributed by atoms with Gasteiger partial charge in [-0.05, 0) is 61.3 Å². The number of fused-ring (bicyclic) bond motifs is 1. The van der Waals surface area contributed by atoms with Crippen LogP contribution in [0.25, 0.3) is 22.3 Å². The summed E-state index contributed by atoms with van der Waals surface area (Å²) in [6.45, 7) is 6.72. The first-order valence-electron chi connectivity index (χ1n) is 11.7. The molecule has 1 aliphatic carbocycles. The lowest BCUT2D eigenvalue weighted by atomic mass is 9.70. The van der Waals surface area contributed by atoms with Gasteiger partial charge in [0.1, 0.15) is 11.5 Å². The maximum atomic E-state index is 13.4. The number of carbonyl (C=O) groups is 1. The highest BCUT2D eigenvalue weighted by molar-refractivity contribution is 5.80. The molecule has 7 nitrogen and oxygen atoms in total. The van der Waals surface area contributed by atoms with Crippen LogP contribution < -0.4 is 19.9 Å². The fraction of sp³-hybridized carbons (Fsp3) is 0.444. The number of methoxy groups -OCH3 is 2. The number of ether oxygens (including phenoxy) is 2. The van der Waals surface area contributed by atoms with E-state index in [1.807, 2.05) is 6.07 Å². The minimum atomic E-state index is -0.431. The van der Waals surface area contributed by atoms with Gasteiger partial charge in [0.05, 0.1) is 31.0 Å². The standard InChI is InChI=1S/C27H32N2O5/c1-27(2,3)19-12-10-17(11-13-19)26(31)34-29-24(18-14-20(32-4)16-21(15-18)33-5)28-23-9-7-6-8-22(23)25(29)30/h6-9,14-17,19H,10-13H2,1-5H3.